The summed E-state index contributed by atoms with van der Waals surface area (Å²) in [5.41, 5.74) is 0.740. The second-order valence-corrected chi connectivity index (χ2v) is 9.69. The molecule has 0 atom stereocenters. The molecule has 1 saturated carbocycles. The largest absolute Gasteiger partial charge is 0.511 e. The molecule has 1 aromatic carbocycles. The van der Waals surface area contributed by atoms with Crippen LogP contribution in [0.1, 0.15) is 45.4 Å². The maximum absolute atomic E-state index is 13.8. The van der Waals surface area contributed by atoms with Crippen LogP contribution in [0.25, 0.3) is 10.4 Å². The molecule has 0 unspecified atom stereocenters. The van der Waals surface area contributed by atoms with Crippen molar-refractivity contribution in [3.05, 3.63) is 36.1 Å². The van der Waals surface area contributed by atoms with Gasteiger partial charge in [-0.3, -0.25) is 9.69 Å². The summed E-state index contributed by atoms with van der Waals surface area (Å²) in [5, 5.41) is 9.83. The third-order valence-corrected chi connectivity index (χ3v) is 7.55. The molecule has 0 spiro atoms. The van der Waals surface area contributed by atoms with E-state index in [4.69, 9.17) is 9.47 Å². The highest BCUT2D eigenvalue weighted by molar-refractivity contribution is 7.20. The number of anilines is 1. The zero-order valence-corrected chi connectivity index (χ0v) is 18.9. The molecule has 1 amide bonds. The summed E-state index contributed by atoms with van der Waals surface area (Å²) in [4.78, 5) is 27.7. The average molecular weight is 462 g/mol. The van der Waals surface area contributed by atoms with Crippen LogP contribution in [0.4, 0.5) is 14.2 Å². The maximum Gasteiger partial charge on any atom is 0.511 e. The quantitative estimate of drug-likeness (QED) is 0.557. The molecular weight excluding hydrogens is 433 g/mol. The summed E-state index contributed by atoms with van der Waals surface area (Å²) >= 11 is 1.31. The summed E-state index contributed by atoms with van der Waals surface area (Å²) in [7, 11) is 0. The summed E-state index contributed by atoms with van der Waals surface area (Å²) < 4.78 is 24.0. The Balaban J connectivity index is 1.73. The van der Waals surface area contributed by atoms with Gasteiger partial charge in [0.05, 0.1) is 0 Å². The molecule has 6 nitrogen and oxygen atoms in total. The van der Waals surface area contributed by atoms with Crippen molar-refractivity contribution >= 4 is 28.4 Å². The summed E-state index contributed by atoms with van der Waals surface area (Å²) in [6.45, 7) is 3.33. The van der Waals surface area contributed by atoms with Crippen LogP contribution < -0.4 is 9.64 Å². The van der Waals surface area contributed by atoms with Crippen LogP contribution in [-0.2, 0) is 9.53 Å². The van der Waals surface area contributed by atoms with Gasteiger partial charge in [0.25, 0.3) is 0 Å². The molecule has 1 aromatic heterocycles. The molecule has 2 heterocycles. The van der Waals surface area contributed by atoms with E-state index < -0.39 is 6.16 Å². The number of carbonyl (C=O) groups is 2. The minimum absolute atomic E-state index is 0.0338. The summed E-state index contributed by atoms with van der Waals surface area (Å²) in [6, 6.07) is 7.54. The number of halogens is 1. The SMILES string of the molecule is CC1CCC(C(=O)N(c2sc(-c3ccc(F)cc3)cc2OC(=O)O)C2CCOCC2)CC1. The van der Waals surface area contributed by atoms with E-state index in [0.29, 0.717) is 37.0 Å². The van der Waals surface area contributed by atoms with Gasteiger partial charge in [0, 0.05) is 36.1 Å². The minimum atomic E-state index is -1.43. The van der Waals surface area contributed by atoms with Gasteiger partial charge < -0.3 is 14.6 Å². The Morgan fingerprint density at radius 1 is 1.09 bits per heavy atom. The second-order valence-electron chi connectivity index (χ2n) is 8.66. The van der Waals surface area contributed by atoms with E-state index in [1.807, 2.05) is 0 Å². The molecule has 1 aliphatic heterocycles. The van der Waals surface area contributed by atoms with Crippen LogP contribution in [0.3, 0.4) is 0 Å². The number of benzene rings is 1. The van der Waals surface area contributed by atoms with Gasteiger partial charge in [-0.1, -0.05) is 19.1 Å². The molecule has 1 saturated heterocycles. The molecule has 2 aliphatic rings. The van der Waals surface area contributed by atoms with E-state index >= 15 is 0 Å². The lowest BCUT2D eigenvalue weighted by molar-refractivity contribution is -0.124. The van der Waals surface area contributed by atoms with Crippen LogP contribution in [0, 0.1) is 17.7 Å². The summed E-state index contributed by atoms with van der Waals surface area (Å²) in [6.07, 6.45) is 3.65. The Morgan fingerprint density at radius 2 is 1.75 bits per heavy atom. The van der Waals surface area contributed by atoms with E-state index in [2.05, 4.69) is 6.92 Å². The van der Waals surface area contributed by atoms with Gasteiger partial charge >= 0.3 is 6.16 Å². The van der Waals surface area contributed by atoms with Gasteiger partial charge in [0.1, 0.15) is 10.8 Å². The molecule has 2 fully saturated rings. The normalized spacial score (nSPS) is 21.8. The van der Waals surface area contributed by atoms with E-state index in [0.717, 1.165) is 36.1 Å². The molecule has 1 N–H and O–H groups in total. The molecule has 8 heteroatoms. The van der Waals surface area contributed by atoms with Crippen molar-refractivity contribution in [2.45, 2.75) is 51.5 Å². The van der Waals surface area contributed by atoms with Crippen LogP contribution >= 0.6 is 11.3 Å². The van der Waals surface area contributed by atoms with Gasteiger partial charge in [-0.2, -0.15) is 0 Å². The number of carboxylic acid groups (broad SMARTS) is 1. The van der Waals surface area contributed by atoms with Crippen LogP contribution in [-0.4, -0.2) is 36.4 Å². The number of hydrogen-bond acceptors (Lipinski definition) is 5. The third kappa shape index (κ3) is 5.13. The highest BCUT2D eigenvalue weighted by atomic mass is 32.1. The molecule has 4 rings (SSSR count). The lowest BCUT2D eigenvalue weighted by Gasteiger charge is -2.37. The van der Waals surface area contributed by atoms with Crippen molar-refractivity contribution in [3.8, 4) is 16.2 Å². The Kier molecular flexibility index (Phi) is 7.10. The van der Waals surface area contributed by atoms with Crippen molar-refractivity contribution in [3.63, 3.8) is 0 Å². The highest BCUT2D eigenvalue weighted by Gasteiger charge is 2.36. The fourth-order valence-electron chi connectivity index (χ4n) is 4.55. The average Bonchev–Trinajstić information content (AvgIpc) is 3.18. The van der Waals surface area contributed by atoms with E-state index in [9.17, 15) is 19.1 Å². The molecule has 32 heavy (non-hydrogen) atoms. The minimum Gasteiger partial charge on any atom is -0.449 e. The van der Waals surface area contributed by atoms with Crippen LogP contribution in [0.15, 0.2) is 30.3 Å². The molecule has 0 radical (unpaired) electrons. The molecule has 0 bridgehead atoms. The van der Waals surface area contributed by atoms with Crippen LogP contribution in [0.2, 0.25) is 0 Å². The lowest BCUT2D eigenvalue weighted by Crippen LogP contribution is -2.46. The van der Waals surface area contributed by atoms with Crippen molar-refractivity contribution in [2.24, 2.45) is 11.8 Å². The number of rotatable bonds is 5. The monoisotopic (exact) mass is 461 g/mol. The number of amides is 1. The fraction of sp³-hybridized carbons (Fsp3) is 0.500. The first-order valence-corrected chi connectivity index (χ1v) is 12.0. The number of ether oxygens (including phenoxy) is 2. The first-order valence-electron chi connectivity index (χ1n) is 11.1. The highest BCUT2D eigenvalue weighted by Crippen LogP contribution is 2.46. The van der Waals surface area contributed by atoms with E-state index in [1.54, 1.807) is 23.1 Å². The smallest absolute Gasteiger partial charge is 0.449 e. The van der Waals surface area contributed by atoms with Gasteiger partial charge in [0.15, 0.2) is 5.75 Å². The van der Waals surface area contributed by atoms with Crippen molar-refractivity contribution in [1.82, 2.24) is 0 Å². The third-order valence-electron chi connectivity index (χ3n) is 6.38. The number of nitrogens with zero attached hydrogens (tertiary/aromatic N) is 1. The standard InChI is InChI=1S/C24H28FNO5S/c1-15-2-4-17(5-3-15)22(27)26(19-10-12-30-13-11-19)23-20(31-24(28)29)14-21(32-23)16-6-8-18(25)9-7-16/h6-9,14-15,17,19H,2-5,10-13H2,1H3,(H,28,29). The Morgan fingerprint density at radius 3 is 2.38 bits per heavy atom. The van der Waals surface area contributed by atoms with Crippen LogP contribution in [0.5, 0.6) is 5.75 Å². The maximum atomic E-state index is 13.8. The molecular formula is C24H28FNO5S. The second kappa shape index (κ2) is 10.0. The molecule has 172 valence electrons. The van der Waals surface area contributed by atoms with Gasteiger partial charge in [0.2, 0.25) is 5.91 Å². The first kappa shape index (κ1) is 22.7. The Bertz CT molecular complexity index is 946. The predicted octanol–water partition coefficient (Wildman–Crippen LogP) is 5.95. The van der Waals surface area contributed by atoms with E-state index in [-0.39, 0.29) is 29.4 Å². The van der Waals surface area contributed by atoms with Crippen molar-refractivity contribution in [2.75, 3.05) is 18.1 Å². The Labute approximate surface area is 190 Å². The molecule has 1 aliphatic carbocycles. The number of thiophene rings is 1. The Hall–Kier alpha value is -2.45. The van der Waals surface area contributed by atoms with Crippen molar-refractivity contribution in [1.29, 1.82) is 0 Å². The first-order chi connectivity index (χ1) is 15.4. The van der Waals surface area contributed by atoms with Gasteiger partial charge in [-0.05, 0) is 62.1 Å². The van der Waals surface area contributed by atoms with E-state index in [1.165, 1.54) is 23.5 Å². The fourth-order valence-corrected chi connectivity index (χ4v) is 5.72. The van der Waals surface area contributed by atoms with Gasteiger partial charge in [-0.25, -0.2) is 9.18 Å². The zero-order valence-electron chi connectivity index (χ0n) is 18.1. The zero-order chi connectivity index (χ0) is 22.7. The number of hydrogen-bond donors (Lipinski definition) is 1. The van der Waals surface area contributed by atoms with Gasteiger partial charge in [-0.15, -0.1) is 11.3 Å². The summed E-state index contributed by atoms with van der Waals surface area (Å²) in [5.74, 6) is 0.367. The van der Waals surface area contributed by atoms with Crippen molar-refractivity contribution < 1.29 is 28.6 Å². The molecule has 2 aromatic rings. The number of carbonyl (C=O) groups excluding carboxylic acids is 1. The lowest BCUT2D eigenvalue weighted by atomic mass is 9.82. The topological polar surface area (TPSA) is 76.1 Å². The predicted molar refractivity (Wildman–Crippen MR) is 121 cm³/mol.